The van der Waals surface area contributed by atoms with Gasteiger partial charge in [0.2, 0.25) is 0 Å². The summed E-state index contributed by atoms with van der Waals surface area (Å²) in [6.45, 7) is -0.383. The molecule has 0 aliphatic heterocycles. The normalized spacial score (nSPS) is 11.8. The molecule has 0 bridgehead atoms. The van der Waals surface area contributed by atoms with Gasteiger partial charge in [-0.2, -0.15) is 5.10 Å². The minimum atomic E-state index is -0.383. The van der Waals surface area contributed by atoms with Crippen LogP contribution in [0, 0.1) is 5.82 Å². The molecule has 0 saturated carbocycles. The maximum atomic E-state index is 13.7. The Morgan fingerprint density at radius 1 is 0.808 bits per heavy atom. The molecule has 0 unspecified atom stereocenters. The summed E-state index contributed by atoms with van der Waals surface area (Å²) < 4.78 is 26.2. The molecular formula is C22H18F2N2. The van der Waals surface area contributed by atoms with Gasteiger partial charge >= 0.3 is 0 Å². The van der Waals surface area contributed by atoms with E-state index in [1.54, 1.807) is 18.2 Å². The molecule has 4 heteroatoms. The number of hydrogen-bond donors (Lipinski definition) is 0. The molecule has 0 aliphatic rings. The van der Waals surface area contributed by atoms with Gasteiger partial charge in [-0.05, 0) is 11.6 Å². The van der Waals surface area contributed by atoms with Crippen LogP contribution in [0.3, 0.4) is 0 Å². The lowest BCUT2D eigenvalue weighted by atomic mass is 10.0. The maximum Gasteiger partial charge on any atom is 0.132 e. The second-order valence-corrected chi connectivity index (χ2v) is 5.72. The van der Waals surface area contributed by atoms with Crippen LogP contribution in [-0.4, -0.2) is 18.6 Å². The summed E-state index contributed by atoms with van der Waals surface area (Å²) in [4.78, 5) is 0. The molecule has 0 saturated heterocycles. The Morgan fingerprint density at radius 3 is 2.15 bits per heavy atom. The van der Waals surface area contributed by atoms with Gasteiger partial charge in [-0.1, -0.05) is 72.8 Å². The van der Waals surface area contributed by atoms with E-state index in [0.29, 0.717) is 17.7 Å². The molecule has 0 atom stereocenters. The Labute approximate surface area is 151 Å². The SMILES string of the molecule is FCCc1ccc(C(=NN=Cc2ccccc2F)c2ccccc2)cc1. The summed E-state index contributed by atoms with van der Waals surface area (Å²) in [5.41, 5.74) is 3.74. The van der Waals surface area contributed by atoms with Crippen molar-refractivity contribution in [3.63, 3.8) is 0 Å². The third-order valence-corrected chi connectivity index (χ3v) is 3.92. The first-order valence-electron chi connectivity index (χ1n) is 8.34. The van der Waals surface area contributed by atoms with Crippen LogP contribution in [0.1, 0.15) is 22.3 Å². The van der Waals surface area contributed by atoms with Crippen LogP contribution in [0.25, 0.3) is 0 Å². The smallest absolute Gasteiger partial charge is 0.132 e. The second kappa shape index (κ2) is 8.81. The van der Waals surface area contributed by atoms with E-state index in [4.69, 9.17) is 0 Å². The van der Waals surface area contributed by atoms with E-state index in [1.807, 2.05) is 54.6 Å². The number of aryl methyl sites for hydroxylation is 1. The van der Waals surface area contributed by atoms with Gasteiger partial charge in [0.15, 0.2) is 0 Å². The van der Waals surface area contributed by atoms with Gasteiger partial charge in [0, 0.05) is 23.1 Å². The molecule has 26 heavy (non-hydrogen) atoms. The molecule has 3 aromatic rings. The standard InChI is InChI=1S/C22H18F2N2/c23-15-14-17-10-12-19(13-11-17)22(18-6-2-1-3-7-18)26-25-16-20-8-4-5-9-21(20)24/h1-13,16H,14-15H2. The highest BCUT2D eigenvalue weighted by Gasteiger charge is 2.07. The summed E-state index contributed by atoms with van der Waals surface area (Å²) >= 11 is 0. The van der Waals surface area contributed by atoms with Crippen LogP contribution in [0.15, 0.2) is 89.1 Å². The van der Waals surface area contributed by atoms with Crippen molar-refractivity contribution < 1.29 is 8.78 Å². The van der Waals surface area contributed by atoms with E-state index in [1.165, 1.54) is 12.3 Å². The van der Waals surface area contributed by atoms with Crippen molar-refractivity contribution in [3.8, 4) is 0 Å². The van der Waals surface area contributed by atoms with Crippen molar-refractivity contribution in [2.75, 3.05) is 6.67 Å². The van der Waals surface area contributed by atoms with Crippen LogP contribution >= 0.6 is 0 Å². The van der Waals surface area contributed by atoms with Crippen molar-refractivity contribution in [2.45, 2.75) is 6.42 Å². The predicted octanol–water partition coefficient (Wildman–Crippen LogP) is 5.21. The fourth-order valence-corrected chi connectivity index (χ4v) is 2.55. The lowest BCUT2D eigenvalue weighted by Crippen LogP contribution is -2.03. The molecule has 0 fully saturated rings. The molecule has 2 nitrogen and oxygen atoms in total. The van der Waals surface area contributed by atoms with E-state index >= 15 is 0 Å². The predicted molar refractivity (Wildman–Crippen MR) is 102 cm³/mol. The van der Waals surface area contributed by atoms with Gasteiger partial charge in [0.25, 0.3) is 0 Å². The maximum absolute atomic E-state index is 13.7. The number of alkyl halides is 1. The largest absolute Gasteiger partial charge is 0.251 e. The van der Waals surface area contributed by atoms with E-state index in [0.717, 1.165) is 16.7 Å². The molecule has 0 heterocycles. The van der Waals surface area contributed by atoms with Gasteiger partial charge in [0.05, 0.1) is 12.9 Å². The molecule has 0 aliphatic carbocycles. The minimum absolute atomic E-state index is 0.344. The van der Waals surface area contributed by atoms with Crippen molar-refractivity contribution in [2.24, 2.45) is 10.2 Å². The molecule has 0 N–H and O–H groups in total. The molecule has 0 aromatic heterocycles. The monoisotopic (exact) mass is 348 g/mol. The van der Waals surface area contributed by atoms with E-state index < -0.39 is 0 Å². The molecule has 0 spiro atoms. The lowest BCUT2D eigenvalue weighted by Gasteiger charge is -2.06. The van der Waals surface area contributed by atoms with Crippen molar-refractivity contribution >= 4 is 11.9 Å². The third-order valence-electron chi connectivity index (χ3n) is 3.92. The third kappa shape index (κ3) is 4.48. The average molecular weight is 348 g/mol. The Kier molecular flexibility index (Phi) is 5.99. The van der Waals surface area contributed by atoms with Gasteiger partial charge < -0.3 is 0 Å². The summed E-state index contributed by atoms with van der Waals surface area (Å²) in [6, 6.07) is 23.6. The highest BCUT2D eigenvalue weighted by atomic mass is 19.1. The zero-order valence-corrected chi connectivity index (χ0v) is 14.1. The Morgan fingerprint density at radius 2 is 1.46 bits per heavy atom. The van der Waals surface area contributed by atoms with Crippen LogP contribution in [0.2, 0.25) is 0 Å². The molecule has 0 radical (unpaired) electrons. The topological polar surface area (TPSA) is 24.7 Å². The van der Waals surface area contributed by atoms with Crippen molar-refractivity contribution in [1.82, 2.24) is 0 Å². The summed E-state index contributed by atoms with van der Waals surface area (Å²) in [5, 5.41) is 8.40. The van der Waals surface area contributed by atoms with Crippen LogP contribution in [-0.2, 0) is 6.42 Å². The van der Waals surface area contributed by atoms with Crippen molar-refractivity contribution in [3.05, 3.63) is 107 Å². The zero-order chi connectivity index (χ0) is 18.2. The first kappa shape index (κ1) is 17.7. The Bertz CT molecular complexity index is 901. The number of hydrogen-bond acceptors (Lipinski definition) is 2. The van der Waals surface area contributed by atoms with E-state index in [-0.39, 0.29) is 12.5 Å². The lowest BCUT2D eigenvalue weighted by molar-refractivity contribution is 0.495. The molecule has 0 amide bonds. The first-order chi connectivity index (χ1) is 12.8. The van der Waals surface area contributed by atoms with Gasteiger partial charge in [-0.3, -0.25) is 4.39 Å². The van der Waals surface area contributed by atoms with Crippen LogP contribution in [0.4, 0.5) is 8.78 Å². The number of benzene rings is 3. The highest BCUT2D eigenvalue weighted by molar-refractivity contribution is 6.13. The molecule has 3 aromatic carbocycles. The quantitative estimate of drug-likeness (QED) is 0.432. The Balaban J connectivity index is 1.95. The summed E-state index contributed by atoms with van der Waals surface area (Å²) in [5.74, 6) is -0.344. The van der Waals surface area contributed by atoms with Crippen molar-refractivity contribution in [1.29, 1.82) is 0 Å². The van der Waals surface area contributed by atoms with Gasteiger partial charge in [-0.15, -0.1) is 5.10 Å². The van der Waals surface area contributed by atoms with Gasteiger partial charge in [-0.25, -0.2) is 4.39 Å². The molecule has 130 valence electrons. The second-order valence-electron chi connectivity index (χ2n) is 5.72. The van der Waals surface area contributed by atoms with Crippen LogP contribution in [0.5, 0.6) is 0 Å². The fraction of sp³-hybridized carbons (Fsp3) is 0.0909. The van der Waals surface area contributed by atoms with E-state index in [9.17, 15) is 8.78 Å². The fourth-order valence-electron chi connectivity index (χ4n) is 2.55. The molecule has 3 rings (SSSR count). The Hall–Kier alpha value is -3.14. The first-order valence-corrected chi connectivity index (χ1v) is 8.34. The van der Waals surface area contributed by atoms with Gasteiger partial charge in [0.1, 0.15) is 11.5 Å². The number of halogens is 2. The number of nitrogens with zero attached hydrogens (tertiary/aromatic N) is 2. The zero-order valence-electron chi connectivity index (χ0n) is 14.1. The summed E-state index contributed by atoms with van der Waals surface area (Å²) in [6.07, 6.45) is 1.79. The number of rotatable bonds is 6. The average Bonchev–Trinajstić information content (AvgIpc) is 2.68. The highest BCUT2D eigenvalue weighted by Crippen LogP contribution is 2.13. The van der Waals surface area contributed by atoms with Crippen LogP contribution < -0.4 is 0 Å². The molecular weight excluding hydrogens is 330 g/mol. The summed E-state index contributed by atoms with van der Waals surface area (Å²) in [7, 11) is 0. The van der Waals surface area contributed by atoms with E-state index in [2.05, 4.69) is 10.2 Å². The minimum Gasteiger partial charge on any atom is -0.251 e.